The molecule has 0 aliphatic carbocycles. The average molecular weight is 278 g/mol. The van der Waals surface area contributed by atoms with Gasteiger partial charge in [0.25, 0.3) is 0 Å². The van der Waals surface area contributed by atoms with E-state index in [1.165, 1.54) is 6.42 Å². The van der Waals surface area contributed by atoms with Gasteiger partial charge in [-0.2, -0.15) is 5.26 Å². The van der Waals surface area contributed by atoms with E-state index >= 15 is 0 Å². The molecule has 0 aliphatic rings. The van der Waals surface area contributed by atoms with Crippen molar-refractivity contribution in [2.75, 3.05) is 18.4 Å². The normalized spacial score (nSPS) is 7.65. The molecule has 0 bridgehead atoms. The van der Waals surface area contributed by atoms with E-state index in [1.807, 2.05) is 36.4 Å². The molecule has 0 aliphatic heterocycles. The molecule has 2 amide bonds. The van der Waals surface area contributed by atoms with Crippen LogP contribution in [-0.4, -0.2) is 25.4 Å². The Hall–Kier alpha value is -2.55. The zero-order valence-electron chi connectivity index (χ0n) is 11.9. The molecule has 0 aromatic heterocycles. The zero-order chi connectivity index (χ0) is 15.6. The van der Waals surface area contributed by atoms with Gasteiger partial charge in [-0.1, -0.05) is 38.5 Å². The van der Waals surface area contributed by atoms with E-state index in [1.54, 1.807) is 0 Å². The fourth-order valence-corrected chi connectivity index (χ4v) is 0.939. The number of carbonyl (C=O) groups excluding carboxylic acids is 2. The smallest absolute Gasteiger partial charge is 0.240 e. The number of nitrogens with one attached hydrogen (secondary N) is 2. The highest BCUT2D eigenvalue weighted by Gasteiger charge is 1.98. The molecule has 20 heavy (non-hydrogen) atoms. The molecular weight excluding hydrogens is 256 g/mol. The maximum atomic E-state index is 11.1. The zero-order valence-corrected chi connectivity index (χ0v) is 11.9. The summed E-state index contributed by atoms with van der Waals surface area (Å²) >= 11 is 0. The number of amides is 2. The van der Waals surface area contributed by atoms with Gasteiger partial charge in [0.15, 0.2) is 0 Å². The fraction of sp³-hybridized carbons (Fsp3) is 0.357. The van der Waals surface area contributed by atoms with Crippen molar-refractivity contribution in [3.05, 3.63) is 30.3 Å². The monoisotopic (exact) mass is 278 g/mol. The molecule has 0 radical (unpaired) electrons. The number of primary amides is 1. The second-order valence-electron chi connectivity index (χ2n) is 3.50. The number of nitrogens with zero attached hydrogens (tertiary/aromatic N) is 1. The molecular formula is C14H22N4O2. The number of hydrogen-bond donors (Lipinski definition) is 3. The van der Waals surface area contributed by atoms with E-state index in [4.69, 9.17) is 10.1 Å². The third-order valence-electron chi connectivity index (χ3n) is 1.59. The van der Waals surface area contributed by atoms with Gasteiger partial charge in [0.2, 0.25) is 12.3 Å². The predicted molar refractivity (Wildman–Crippen MR) is 79.8 cm³/mol. The van der Waals surface area contributed by atoms with Crippen molar-refractivity contribution in [3.8, 4) is 6.07 Å². The van der Waals surface area contributed by atoms with Gasteiger partial charge in [0, 0.05) is 5.69 Å². The summed E-state index contributed by atoms with van der Waals surface area (Å²) in [4.78, 5) is 19.6. The van der Waals surface area contributed by atoms with E-state index < -0.39 is 0 Å². The molecule has 1 aromatic carbocycles. The highest BCUT2D eigenvalue weighted by Crippen LogP contribution is 2.03. The van der Waals surface area contributed by atoms with E-state index in [2.05, 4.69) is 30.2 Å². The van der Waals surface area contributed by atoms with Crippen LogP contribution in [0.25, 0.3) is 0 Å². The van der Waals surface area contributed by atoms with Crippen molar-refractivity contribution < 1.29 is 9.59 Å². The van der Waals surface area contributed by atoms with Crippen LogP contribution in [0.3, 0.4) is 0 Å². The molecule has 0 saturated heterocycles. The number of para-hydroxylation sites is 1. The van der Waals surface area contributed by atoms with E-state index in [-0.39, 0.29) is 25.4 Å². The van der Waals surface area contributed by atoms with Crippen LogP contribution in [-0.2, 0) is 9.59 Å². The Morgan fingerprint density at radius 2 is 1.85 bits per heavy atom. The van der Waals surface area contributed by atoms with E-state index in [9.17, 15) is 4.79 Å². The van der Waals surface area contributed by atoms with Crippen molar-refractivity contribution in [1.82, 2.24) is 5.32 Å². The predicted octanol–water partition coefficient (Wildman–Crippen LogP) is 1.26. The minimum absolute atomic E-state index is 0.0509. The molecule has 1 rings (SSSR count). The third-order valence-corrected chi connectivity index (χ3v) is 1.59. The van der Waals surface area contributed by atoms with Gasteiger partial charge in [-0.05, 0) is 12.1 Å². The van der Waals surface area contributed by atoms with Gasteiger partial charge in [0.05, 0.1) is 12.6 Å². The summed E-state index contributed by atoms with van der Waals surface area (Å²) in [5.41, 5.74) is 5.06. The molecule has 0 atom stereocenters. The van der Waals surface area contributed by atoms with Crippen LogP contribution >= 0.6 is 0 Å². The lowest BCUT2D eigenvalue weighted by Crippen LogP contribution is -2.29. The minimum Gasteiger partial charge on any atom is -0.376 e. The fourth-order valence-electron chi connectivity index (χ4n) is 0.939. The average Bonchev–Trinajstić information content (AvgIpc) is 2.46. The maximum Gasteiger partial charge on any atom is 0.240 e. The number of anilines is 1. The number of benzene rings is 1. The Morgan fingerprint density at radius 1 is 1.35 bits per heavy atom. The van der Waals surface area contributed by atoms with Gasteiger partial charge in [-0.3, -0.25) is 9.59 Å². The van der Waals surface area contributed by atoms with Crippen LogP contribution in [0.15, 0.2) is 30.3 Å². The number of nitrogens with two attached hydrogens (primary N) is 1. The molecule has 0 saturated carbocycles. The number of carbonyl (C=O) groups is 2. The van der Waals surface area contributed by atoms with E-state index in [0.717, 1.165) is 5.69 Å². The summed E-state index contributed by atoms with van der Waals surface area (Å²) in [7, 11) is 0. The van der Waals surface area contributed by atoms with Gasteiger partial charge >= 0.3 is 0 Å². The first-order chi connectivity index (χ1) is 9.65. The van der Waals surface area contributed by atoms with Gasteiger partial charge in [-0.15, -0.1) is 0 Å². The Kier molecular flexibility index (Phi) is 16.3. The summed E-state index contributed by atoms with van der Waals surface area (Å²) in [5, 5.41) is 13.6. The molecule has 110 valence electrons. The standard InChI is InChI=1S/C10H11N3O.C3H8.CH3NO/c11-6-7-12-10(14)8-13-9-4-2-1-3-5-9;1-3-2;2-1-3/h1-5,13H,7-8H2,(H,12,14);3H2,1-2H3;1H,(H2,2,3). The molecule has 0 spiro atoms. The Balaban J connectivity index is 0. The van der Waals surface area contributed by atoms with Crippen molar-refractivity contribution in [2.45, 2.75) is 20.3 Å². The van der Waals surface area contributed by atoms with Crippen molar-refractivity contribution >= 4 is 18.0 Å². The maximum absolute atomic E-state index is 11.1. The first kappa shape index (κ1) is 19.8. The van der Waals surface area contributed by atoms with Crippen molar-refractivity contribution in [1.29, 1.82) is 5.26 Å². The summed E-state index contributed by atoms with van der Waals surface area (Å²) in [5.74, 6) is -0.185. The van der Waals surface area contributed by atoms with Crippen LogP contribution in [0.1, 0.15) is 20.3 Å². The lowest BCUT2D eigenvalue weighted by atomic mass is 10.3. The summed E-state index contributed by atoms with van der Waals surface area (Å²) in [6, 6.07) is 11.3. The first-order valence-corrected chi connectivity index (χ1v) is 6.24. The van der Waals surface area contributed by atoms with Crippen LogP contribution < -0.4 is 16.4 Å². The highest BCUT2D eigenvalue weighted by atomic mass is 16.1. The second kappa shape index (κ2) is 16.4. The quantitative estimate of drug-likeness (QED) is 0.569. The lowest BCUT2D eigenvalue weighted by Gasteiger charge is -2.04. The Bertz CT molecular complexity index is 388. The highest BCUT2D eigenvalue weighted by molar-refractivity contribution is 5.80. The third kappa shape index (κ3) is 15.4. The summed E-state index contributed by atoms with van der Waals surface area (Å²) in [6.07, 6.45) is 1.50. The van der Waals surface area contributed by atoms with Crippen molar-refractivity contribution in [3.63, 3.8) is 0 Å². The van der Waals surface area contributed by atoms with Gasteiger partial charge in [-0.25, -0.2) is 0 Å². The first-order valence-electron chi connectivity index (χ1n) is 6.24. The van der Waals surface area contributed by atoms with Crippen LogP contribution in [0.5, 0.6) is 0 Å². The number of hydrogen-bond acceptors (Lipinski definition) is 4. The van der Waals surface area contributed by atoms with Crippen LogP contribution in [0.2, 0.25) is 0 Å². The molecule has 4 N–H and O–H groups in total. The Morgan fingerprint density at radius 3 is 2.30 bits per heavy atom. The lowest BCUT2D eigenvalue weighted by molar-refractivity contribution is -0.119. The summed E-state index contributed by atoms with van der Waals surface area (Å²) < 4.78 is 0. The second-order valence-corrected chi connectivity index (χ2v) is 3.50. The minimum atomic E-state index is -0.185. The van der Waals surface area contributed by atoms with Crippen LogP contribution in [0.4, 0.5) is 5.69 Å². The molecule has 6 nitrogen and oxygen atoms in total. The topological polar surface area (TPSA) is 108 Å². The SMILES string of the molecule is CCC.N#CCNC(=O)CNc1ccccc1.NC=O. The largest absolute Gasteiger partial charge is 0.376 e. The molecule has 0 fully saturated rings. The molecule has 0 unspecified atom stereocenters. The Labute approximate surface area is 120 Å². The van der Waals surface area contributed by atoms with Gasteiger partial charge in [0.1, 0.15) is 6.54 Å². The van der Waals surface area contributed by atoms with Crippen LogP contribution in [0, 0.1) is 11.3 Å². The number of rotatable bonds is 4. The molecule has 0 heterocycles. The summed E-state index contributed by atoms with van der Waals surface area (Å²) in [6.45, 7) is 4.49. The van der Waals surface area contributed by atoms with Crippen molar-refractivity contribution in [2.24, 2.45) is 5.73 Å². The molecule has 6 heteroatoms. The van der Waals surface area contributed by atoms with E-state index in [0.29, 0.717) is 0 Å². The molecule has 1 aromatic rings. The van der Waals surface area contributed by atoms with Gasteiger partial charge < -0.3 is 16.4 Å². The number of nitriles is 1.